The Morgan fingerprint density at radius 2 is 1.80 bits per heavy atom. The van der Waals surface area contributed by atoms with Crippen molar-refractivity contribution in [2.45, 2.75) is 44.1 Å². The molecule has 25 heavy (non-hydrogen) atoms. The van der Waals surface area contributed by atoms with Gasteiger partial charge in [0.1, 0.15) is 5.75 Å². The summed E-state index contributed by atoms with van der Waals surface area (Å²) in [5.74, 6) is 1.49. The second kappa shape index (κ2) is 9.47. The third kappa shape index (κ3) is 5.37. The maximum absolute atomic E-state index is 6.19. The fraction of sp³-hybridized carbons (Fsp3) is 0.429. The molecule has 0 heterocycles. The Labute approximate surface area is 160 Å². The van der Waals surface area contributed by atoms with E-state index in [0.717, 1.165) is 31.7 Å². The van der Waals surface area contributed by atoms with E-state index < -0.39 is 0 Å². The smallest absolute Gasteiger partial charge is 0.119 e. The minimum atomic E-state index is 0.535. The van der Waals surface area contributed by atoms with Crippen LogP contribution in [0.15, 0.2) is 48.5 Å². The van der Waals surface area contributed by atoms with Gasteiger partial charge in [-0.15, -0.1) is 0 Å². The average Bonchev–Trinajstić information content (AvgIpc) is 3.10. The van der Waals surface area contributed by atoms with Crippen molar-refractivity contribution in [2.75, 3.05) is 13.2 Å². The van der Waals surface area contributed by atoms with Crippen LogP contribution in [0.1, 0.15) is 43.6 Å². The highest BCUT2D eigenvalue weighted by Gasteiger charge is 2.28. The van der Waals surface area contributed by atoms with Gasteiger partial charge in [0.2, 0.25) is 0 Å². The quantitative estimate of drug-likeness (QED) is 0.562. The molecular weight excluding hydrogens is 353 g/mol. The van der Waals surface area contributed by atoms with Crippen molar-refractivity contribution < 1.29 is 4.74 Å². The van der Waals surface area contributed by atoms with E-state index in [1.165, 1.54) is 24.8 Å². The largest absolute Gasteiger partial charge is 0.494 e. The lowest BCUT2D eigenvalue weighted by Gasteiger charge is -2.22. The van der Waals surface area contributed by atoms with Gasteiger partial charge in [-0.3, -0.25) is 0 Å². The molecule has 1 fully saturated rings. The number of halogens is 2. The molecule has 0 radical (unpaired) electrons. The molecule has 1 N–H and O–H groups in total. The van der Waals surface area contributed by atoms with E-state index in [2.05, 4.69) is 11.4 Å². The van der Waals surface area contributed by atoms with Crippen LogP contribution < -0.4 is 10.1 Å². The second-order valence-corrected chi connectivity index (χ2v) is 7.45. The van der Waals surface area contributed by atoms with Crippen LogP contribution in [0.3, 0.4) is 0 Å². The van der Waals surface area contributed by atoms with Crippen LogP contribution >= 0.6 is 23.2 Å². The molecule has 2 unspecified atom stereocenters. The van der Waals surface area contributed by atoms with Crippen molar-refractivity contribution in [3.63, 3.8) is 0 Å². The van der Waals surface area contributed by atoms with Crippen LogP contribution in [0.5, 0.6) is 5.75 Å². The minimum absolute atomic E-state index is 0.535. The van der Waals surface area contributed by atoms with Gasteiger partial charge in [0.25, 0.3) is 0 Å². The molecule has 0 amide bonds. The number of unbranched alkanes of at least 4 members (excludes halogenated alkanes) is 1. The monoisotopic (exact) mass is 377 g/mol. The summed E-state index contributed by atoms with van der Waals surface area (Å²) in [6.07, 6.45) is 5.89. The zero-order valence-electron chi connectivity index (χ0n) is 14.4. The molecule has 0 aliphatic heterocycles. The SMILES string of the molecule is Clc1ccc(C2CCCC2NCCCCOc2ccccc2)cc1Cl. The highest BCUT2D eigenvalue weighted by Crippen LogP contribution is 2.37. The van der Waals surface area contributed by atoms with Crippen molar-refractivity contribution in [3.8, 4) is 5.75 Å². The Hall–Kier alpha value is -1.22. The number of para-hydroxylation sites is 1. The number of benzene rings is 2. The van der Waals surface area contributed by atoms with Gasteiger partial charge in [0.05, 0.1) is 16.7 Å². The third-order valence-electron chi connectivity index (χ3n) is 4.88. The molecule has 1 saturated carbocycles. The second-order valence-electron chi connectivity index (χ2n) is 6.64. The van der Waals surface area contributed by atoms with Crippen molar-refractivity contribution in [2.24, 2.45) is 0 Å². The molecule has 3 rings (SSSR count). The van der Waals surface area contributed by atoms with Crippen LogP contribution in [-0.2, 0) is 0 Å². The zero-order chi connectivity index (χ0) is 17.5. The summed E-state index contributed by atoms with van der Waals surface area (Å²) in [5, 5.41) is 5.02. The van der Waals surface area contributed by atoms with Gasteiger partial charge < -0.3 is 10.1 Å². The molecule has 2 aromatic rings. The molecule has 2 aromatic carbocycles. The Bertz CT molecular complexity index is 662. The first-order chi connectivity index (χ1) is 12.2. The van der Waals surface area contributed by atoms with Crippen LogP contribution in [0, 0.1) is 0 Å². The summed E-state index contributed by atoms with van der Waals surface area (Å²) in [4.78, 5) is 0. The van der Waals surface area contributed by atoms with Gasteiger partial charge in [-0.1, -0.05) is 53.9 Å². The van der Waals surface area contributed by atoms with Gasteiger partial charge in [-0.25, -0.2) is 0 Å². The van der Waals surface area contributed by atoms with E-state index in [4.69, 9.17) is 27.9 Å². The van der Waals surface area contributed by atoms with Crippen molar-refractivity contribution in [1.29, 1.82) is 0 Å². The van der Waals surface area contributed by atoms with Gasteiger partial charge in [0.15, 0.2) is 0 Å². The molecule has 134 valence electrons. The predicted octanol–water partition coefficient (Wildman–Crippen LogP) is 6.08. The van der Waals surface area contributed by atoms with Crippen LogP contribution in [0.2, 0.25) is 10.0 Å². The Morgan fingerprint density at radius 3 is 2.60 bits per heavy atom. The van der Waals surface area contributed by atoms with E-state index in [1.807, 2.05) is 42.5 Å². The lowest BCUT2D eigenvalue weighted by atomic mass is 9.94. The zero-order valence-corrected chi connectivity index (χ0v) is 15.9. The molecule has 0 aromatic heterocycles. The Balaban J connectivity index is 1.39. The van der Waals surface area contributed by atoms with Crippen molar-refractivity contribution in [1.82, 2.24) is 5.32 Å². The third-order valence-corrected chi connectivity index (χ3v) is 5.62. The summed E-state index contributed by atoms with van der Waals surface area (Å²) in [5.41, 5.74) is 1.30. The number of hydrogen-bond acceptors (Lipinski definition) is 2. The minimum Gasteiger partial charge on any atom is -0.494 e. The summed E-state index contributed by atoms with van der Waals surface area (Å²) in [7, 11) is 0. The molecule has 1 aliphatic carbocycles. The summed E-state index contributed by atoms with van der Waals surface area (Å²) >= 11 is 12.2. The molecule has 2 atom stereocenters. The number of ether oxygens (including phenoxy) is 1. The lowest BCUT2D eigenvalue weighted by molar-refractivity contribution is 0.304. The van der Waals surface area contributed by atoms with Crippen LogP contribution in [0.4, 0.5) is 0 Å². The average molecular weight is 378 g/mol. The van der Waals surface area contributed by atoms with E-state index in [0.29, 0.717) is 22.0 Å². The van der Waals surface area contributed by atoms with Crippen LogP contribution in [-0.4, -0.2) is 19.2 Å². The topological polar surface area (TPSA) is 21.3 Å². The van der Waals surface area contributed by atoms with Gasteiger partial charge in [-0.2, -0.15) is 0 Å². The van der Waals surface area contributed by atoms with E-state index in [-0.39, 0.29) is 0 Å². The summed E-state index contributed by atoms with van der Waals surface area (Å²) < 4.78 is 5.74. The molecule has 2 nitrogen and oxygen atoms in total. The van der Waals surface area contributed by atoms with Crippen molar-refractivity contribution >= 4 is 23.2 Å². The Morgan fingerprint density at radius 1 is 0.960 bits per heavy atom. The molecule has 0 spiro atoms. The first kappa shape index (κ1) is 18.6. The highest BCUT2D eigenvalue weighted by atomic mass is 35.5. The van der Waals surface area contributed by atoms with Crippen molar-refractivity contribution in [3.05, 3.63) is 64.1 Å². The highest BCUT2D eigenvalue weighted by molar-refractivity contribution is 6.42. The maximum Gasteiger partial charge on any atom is 0.119 e. The number of hydrogen-bond donors (Lipinski definition) is 1. The van der Waals surface area contributed by atoms with Crippen LogP contribution in [0.25, 0.3) is 0 Å². The van der Waals surface area contributed by atoms with Gasteiger partial charge in [0, 0.05) is 6.04 Å². The van der Waals surface area contributed by atoms with Gasteiger partial charge >= 0.3 is 0 Å². The van der Waals surface area contributed by atoms with E-state index in [1.54, 1.807) is 0 Å². The predicted molar refractivity (Wildman–Crippen MR) is 106 cm³/mol. The van der Waals surface area contributed by atoms with E-state index >= 15 is 0 Å². The Kier molecular flexibility index (Phi) is 7.03. The molecule has 0 bridgehead atoms. The first-order valence-corrected chi connectivity index (χ1v) is 9.86. The molecule has 0 saturated heterocycles. The molecule has 1 aliphatic rings. The number of rotatable bonds is 8. The fourth-order valence-electron chi connectivity index (χ4n) is 3.57. The normalized spacial score (nSPS) is 19.9. The summed E-state index contributed by atoms with van der Waals surface area (Å²) in [6.45, 7) is 1.80. The standard InChI is InChI=1S/C21H25Cl2NO/c22-19-12-11-16(15-20(19)23)18-9-6-10-21(18)24-13-4-5-14-25-17-7-2-1-3-8-17/h1-3,7-8,11-12,15,18,21,24H,4-6,9-10,13-14H2. The molecule has 4 heteroatoms. The maximum atomic E-state index is 6.19. The molecular formula is C21H25Cl2NO. The fourth-order valence-corrected chi connectivity index (χ4v) is 3.87. The lowest BCUT2D eigenvalue weighted by Crippen LogP contribution is -2.32. The number of nitrogens with one attached hydrogen (secondary N) is 1. The summed E-state index contributed by atoms with van der Waals surface area (Å²) in [6, 6.07) is 16.6. The van der Waals surface area contributed by atoms with E-state index in [9.17, 15) is 0 Å². The van der Waals surface area contributed by atoms with Gasteiger partial charge in [-0.05, 0) is 68.0 Å². The first-order valence-electron chi connectivity index (χ1n) is 9.10.